The van der Waals surface area contributed by atoms with Gasteiger partial charge in [0.25, 0.3) is 0 Å². The fourth-order valence-electron chi connectivity index (χ4n) is 3.10. The molecule has 0 radical (unpaired) electrons. The predicted molar refractivity (Wildman–Crippen MR) is 126 cm³/mol. The Labute approximate surface area is 197 Å². The Morgan fingerprint density at radius 2 is 1.69 bits per heavy atom. The molecular formula is C23H22Cl2N2O4S. The summed E-state index contributed by atoms with van der Waals surface area (Å²) in [5.74, 6) is -0.366. The highest BCUT2D eigenvalue weighted by Crippen LogP contribution is 2.27. The third kappa shape index (κ3) is 6.23. The van der Waals surface area contributed by atoms with E-state index in [1.54, 1.807) is 18.2 Å². The maximum atomic E-state index is 13.1. The first-order valence-electron chi connectivity index (χ1n) is 9.71. The number of methoxy groups -OCH3 is 1. The summed E-state index contributed by atoms with van der Waals surface area (Å²) in [6, 6.07) is 19.4. The van der Waals surface area contributed by atoms with Crippen LogP contribution >= 0.6 is 23.2 Å². The number of sulfonamides is 1. The lowest BCUT2D eigenvalue weighted by Gasteiger charge is -2.20. The van der Waals surface area contributed by atoms with Crippen LogP contribution in [0.25, 0.3) is 0 Å². The van der Waals surface area contributed by atoms with E-state index in [4.69, 9.17) is 27.9 Å². The smallest absolute Gasteiger partial charge is 0.245 e. The minimum atomic E-state index is -4.13. The van der Waals surface area contributed by atoms with Gasteiger partial charge in [-0.05, 0) is 41.8 Å². The first-order valence-corrected chi connectivity index (χ1v) is 11.9. The molecule has 0 aliphatic carbocycles. The lowest BCUT2D eigenvalue weighted by atomic mass is 10.1. The Bertz CT molecular complexity index is 1190. The van der Waals surface area contributed by atoms with Gasteiger partial charge in [-0.1, -0.05) is 71.7 Å². The van der Waals surface area contributed by atoms with Crippen LogP contribution in [-0.4, -0.2) is 27.5 Å². The van der Waals surface area contributed by atoms with Gasteiger partial charge in [-0.3, -0.25) is 4.79 Å². The highest BCUT2D eigenvalue weighted by atomic mass is 35.5. The zero-order chi connectivity index (χ0) is 23.1. The van der Waals surface area contributed by atoms with E-state index in [2.05, 4.69) is 10.0 Å². The monoisotopic (exact) mass is 492 g/mol. The van der Waals surface area contributed by atoms with Crippen molar-refractivity contribution in [3.05, 3.63) is 94.0 Å². The number of amides is 1. The molecule has 9 heteroatoms. The predicted octanol–water partition coefficient (Wildman–Crippen LogP) is 4.21. The Morgan fingerprint density at radius 3 is 2.38 bits per heavy atom. The molecule has 0 saturated carbocycles. The highest BCUT2D eigenvalue weighted by molar-refractivity contribution is 7.89. The summed E-state index contributed by atoms with van der Waals surface area (Å²) in [5, 5.41) is 3.51. The number of carbonyl (C=O) groups is 1. The van der Waals surface area contributed by atoms with Crippen LogP contribution in [0.3, 0.4) is 0 Å². The van der Waals surface area contributed by atoms with Gasteiger partial charge < -0.3 is 10.1 Å². The quantitative estimate of drug-likeness (QED) is 0.468. The Balaban J connectivity index is 1.86. The SMILES string of the molecule is COc1ccc(Cl)cc1S(=O)(=O)NC(Cc1ccccc1)C(=O)NCc1ccccc1Cl. The summed E-state index contributed by atoms with van der Waals surface area (Å²) >= 11 is 12.2. The normalized spacial score (nSPS) is 12.2. The third-order valence-corrected chi connectivity index (χ3v) is 6.82. The summed E-state index contributed by atoms with van der Waals surface area (Å²) in [6.45, 7) is 0.159. The standard InChI is InChI=1S/C23H22Cl2N2O4S/c1-31-21-12-11-18(24)14-22(21)32(29,30)27-20(13-16-7-3-2-4-8-16)23(28)26-15-17-9-5-6-10-19(17)25/h2-12,14,20,27H,13,15H2,1H3,(H,26,28). The number of ether oxygens (including phenoxy) is 1. The molecule has 168 valence electrons. The molecule has 3 aromatic rings. The second-order valence-electron chi connectivity index (χ2n) is 6.97. The second-order valence-corrected chi connectivity index (χ2v) is 9.49. The second kappa shape index (κ2) is 10.8. The van der Waals surface area contributed by atoms with Gasteiger partial charge in [0.15, 0.2) is 0 Å². The van der Waals surface area contributed by atoms with Gasteiger partial charge in [0.2, 0.25) is 15.9 Å². The average Bonchev–Trinajstić information content (AvgIpc) is 2.78. The summed E-state index contributed by atoms with van der Waals surface area (Å²) in [6.07, 6.45) is 0.150. The number of hydrogen-bond donors (Lipinski definition) is 2. The van der Waals surface area contributed by atoms with Crippen molar-refractivity contribution in [3.63, 3.8) is 0 Å². The first-order chi connectivity index (χ1) is 15.3. The number of benzene rings is 3. The van der Waals surface area contributed by atoms with Crippen molar-refractivity contribution in [2.24, 2.45) is 0 Å². The van der Waals surface area contributed by atoms with Gasteiger partial charge in [-0.2, -0.15) is 4.72 Å². The van der Waals surface area contributed by atoms with E-state index < -0.39 is 22.0 Å². The van der Waals surface area contributed by atoms with Gasteiger partial charge in [-0.25, -0.2) is 8.42 Å². The molecule has 0 aromatic heterocycles. The number of hydrogen-bond acceptors (Lipinski definition) is 4. The van der Waals surface area contributed by atoms with E-state index in [9.17, 15) is 13.2 Å². The van der Waals surface area contributed by atoms with Gasteiger partial charge in [-0.15, -0.1) is 0 Å². The number of rotatable bonds is 9. The van der Waals surface area contributed by atoms with E-state index in [0.29, 0.717) is 5.02 Å². The molecule has 0 spiro atoms. The van der Waals surface area contributed by atoms with Crippen LogP contribution in [0.4, 0.5) is 0 Å². The molecule has 0 saturated heterocycles. The van der Waals surface area contributed by atoms with Crippen LogP contribution < -0.4 is 14.8 Å². The zero-order valence-electron chi connectivity index (χ0n) is 17.2. The molecule has 1 amide bonds. The highest BCUT2D eigenvalue weighted by Gasteiger charge is 2.28. The van der Waals surface area contributed by atoms with E-state index in [-0.39, 0.29) is 28.6 Å². The van der Waals surface area contributed by atoms with Crippen molar-refractivity contribution in [3.8, 4) is 5.75 Å². The van der Waals surface area contributed by atoms with Crippen LogP contribution in [0.2, 0.25) is 10.0 Å². The minimum Gasteiger partial charge on any atom is -0.495 e. The molecule has 1 atom stereocenters. The van der Waals surface area contributed by atoms with Crippen molar-refractivity contribution < 1.29 is 17.9 Å². The van der Waals surface area contributed by atoms with Crippen LogP contribution in [0.15, 0.2) is 77.7 Å². The average molecular weight is 493 g/mol. The molecule has 3 rings (SSSR count). The van der Waals surface area contributed by atoms with E-state index in [1.165, 1.54) is 25.3 Å². The summed E-state index contributed by atoms with van der Waals surface area (Å²) in [5.41, 5.74) is 1.52. The molecule has 0 aliphatic rings. The van der Waals surface area contributed by atoms with Crippen LogP contribution in [0.1, 0.15) is 11.1 Å². The first kappa shape index (κ1) is 24.1. The van der Waals surface area contributed by atoms with Crippen LogP contribution in [0, 0.1) is 0 Å². The molecule has 2 N–H and O–H groups in total. The van der Waals surface area contributed by atoms with Gasteiger partial charge in [0, 0.05) is 16.6 Å². The van der Waals surface area contributed by atoms with Crippen LogP contribution in [0.5, 0.6) is 5.75 Å². The van der Waals surface area contributed by atoms with Crippen LogP contribution in [-0.2, 0) is 27.8 Å². The molecule has 3 aromatic carbocycles. The summed E-state index contributed by atoms with van der Waals surface area (Å²) < 4.78 is 34.0. The summed E-state index contributed by atoms with van der Waals surface area (Å²) in [7, 11) is -2.77. The van der Waals surface area contributed by atoms with E-state index in [1.807, 2.05) is 36.4 Å². The molecule has 32 heavy (non-hydrogen) atoms. The molecule has 0 fully saturated rings. The van der Waals surface area contributed by atoms with E-state index in [0.717, 1.165) is 11.1 Å². The van der Waals surface area contributed by atoms with Gasteiger partial charge in [0.1, 0.15) is 16.7 Å². The lowest BCUT2D eigenvalue weighted by molar-refractivity contribution is -0.122. The Morgan fingerprint density at radius 1 is 1.00 bits per heavy atom. The maximum absolute atomic E-state index is 13.1. The number of carbonyl (C=O) groups excluding carboxylic acids is 1. The van der Waals surface area contributed by atoms with Crippen molar-refractivity contribution in [2.45, 2.75) is 23.9 Å². The Kier molecular flexibility index (Phi) is 8.15. The maximum Gasteiger partial charge on any atom is 0.245 e. The topological polar surface area (TPSA) is 84.5 Å². The van der Waals surface area contributed by atoms with Gasteiger partial charge in [0.05, 0.1) is 7.11 Å². The molecule has 0 heterocycles. The summed E-state index contributed by atoms with van der Waals surface area (Å²) in [4.78, 5) is 12.9. The van der Waals surface area contributed by atoms with E-state index >= 15 is 0 Å². The molecular weight excluding hydrogens is 471 g/mol. The zero-order valence-corrected chi connectivity index (χ0v) is 19.5. The molecule has 0 aliphatic heterocycles. The molecule has 0 bridgehead atoms. The van der Waals surface area contributed by atoms with Crippen molar-refractivity contribution >= 4 is 39.1 Å². The largest absolute Gasteiger partial charge is 0.495 e. The third-order valence-electron chi connectivity index (χ3n) is 4.72. The fourth-order valence-corrected chi connectivity index (χ4v) is 4.93. The minimum absolute atomic E-state index is 0.122. The van der Waals surface area contributed by atoms with Crippen molar-refractivity contribution in [2.75, 3.05) is 7.11 Å². The number of nitrogens with one attached hydrogen (secondary N) is 2. The molecule has 1 unspecified atom stereocenters. The Hall–Kier alpha value is -2.58. The van der Waals surface area contributed by atoms with Crippen molar-refractivity contribution in [1.29, 1.82) is 0 Å². The van der Waals surface area contributed by atoms with Gasteiger partial charge >= 0.3 is 0 Å². The van der Waals surface area contributed by atoms with Crippen molar-refractivity contribution in [1.82, 2.24) is 10.0 Å². The lowest BCUT2D eigenvalue weighted by Crippen LogP contribution is -2.47. The fraction of sp³-hybridized carbons (Fsp3) is 0.174. The number of halogens is 2. The molecule has 6 nitrogen and oxygen atoms in total.